The van der Waals surface area contributed by atoms with Crippen LogP contribution < -0.4 is 5.32 Å². The quantitative estimate of drug-likeness (QED) is 0.669. The van der Waals surface area contributed by atoms with Crippen LogP contribution in [-0.4, -0.2) is 35.8 Å². The molecule has 0 aromatic carbocycles. The molecule has 0 radical (unpaired) electrons. The lowest BCUT2D eigenvalue weighted by atomic mass is 10.0. The van der Waals surface area contributed by atoms with Gasteiger partial charge in [0.25, 0.3) is 0 Å². The SMILES string of the molecule is CC1(C)SCC1NC1COC1. The summed E-state index contributed by atoms with van der Waals surface area (Å²) >= 11 is 2.04. The highest BCUT2D eigenvalue weighted by atomic mass is 32.2. The molecule has 0 spiro atoms. The molecule has 3 heteroatoms. The van der Waals surface area contributed by atoms with Crippen molar-refractivity contribution in [2.45, 2.75) is 30.7 Å². The summed E-state index contributed by atoms with van der Waals surface area (Å²) in [4.78, 5) is 0. The molecule has 0 saturated carbocycles. The largest absolute Gasteiger partial charge is 0.378 e. The summed E-state index contributed by atoms with van der Waals surface area (Å²) in [6.45, 7) is 6.44. The third kappa shape index (κ3) is 1.42. The molecule has 2 fully saturated rings. The van der Waals surface area contributed by atoms with E-state index in [1.54, 1.807) is 0 Å². The number of nitrogens with one attached hydrogen (secondary N) is 1. The minimum absolute atomic E-state index is 0.454. The monoisotopic (exact) mass is 173 g/mol. The number of hydrogen-bond acceptors (Lipinski definition) is 3. The number of hydrogen-bond donors (Lipinski definition) is 1. The van der Waals surface area contributed by atoms with Crippen LogP contribution in [0.15, 0.2) is 0 Å². The Kier molecular flexibility index (Phi) is 1.90. The van der Waals surface area contributed by atoms with E-state index in [2.05, 4.69) is 19.2 Å². The molecule has 2 nitrogen and oxygen atoms in total. The van der Waals surface area contributed by atoms with Gasteiger partial charge in [0.05, 0.1) is 19.3 Å². The maximum absolute atomic E-state index is 5.10. The van der Waals surface area contributed by atoms with Gasteiger partial charge in [-0.15, -0.1) is 0 Å². The zero-order valence-electron chi connectivity index (χ0n) is 7.09. The van der Waals surface area contributed by atoms with E-state index >= 15 is 0 Å². The van der Waals surface area contributed by atoms with Crippen LogP contribution in [0.1, 0.15) is 13.8 Å². The molecule has 2 aliphatic rings. The zero-order valence-corrected chi connectivity index (χ0v) is 7.91. The van der Waals surface area contributed by atoms with Gasteiger partial charge in [-0.05, 0) is 13.8 Å². The first-order chi connectivity index (χ1) is 5.18. The first-order valence-corrected chi connectivity index (χ1v) is 5.15. The molecular weight excluding hydrogens is 158 g/mol. The second-order valence-corrected chi connectivity index (χ2v) is 5.54. The standard InChI is InChI=1S/C8H15NOS/c1-8(2)7(5-11-8)9-6-3-10-4-6/h6-7,9H,3-5H2,1-2H3. The fourth-order valence-corrected chi connectivity index (χ4v) is 2.53. The summed E-state index contributed by atoms with van der Waals surface area (Å²) in [7, 11) is 0. The van der Waals surface area contributed by atoms with E-state index in [1.807, 2.05) is 11.8 Å². The maximum atomic E-state index is 5.10. The van der Waals surface area contributed by atoms with Crippen LogP contribution in [0.2, 0.25) is 0 Å². The van der Waals surface area contributed by atoms with Crippen molar-refractivity contribution >= 4 is 11.8 Å². The lowest BCUT2D eigenvalue weighted by Gasteiger charge is -2.47. The summed E-state index contributed by atoms with van der Waals surface area (Å²) in [6.07, 6.45) is 0. The van der Waals surface area contributed by atoms with Gasteiger partial charge in [-0.1, -0.05) is 0 Å². The summed E-state index contributed by atoms with van der Waals surface area (Å²) in [5.41, 5.74) is 0. The highest BCUT2D eigenvalue weighted by Crippen LogP contribution is 2.40. The molecule has 0 aromatic rings. The Bertz CT molecular complexity index is 156. The number of rotatable bonds is 2. The van der Waals surface area contributed by atoms with Gasteiger partial charge in [-0.2, -0.15) is 11.8 Å². The van der Waals surface area contributed by atoms with Crippen molar-refractivity contribution in [2.75, 3.05) is 19.0 Å². The molecule has 1 unspecified atom stereocenters. The van der Waals surface area contributed by atoms with Crippen LogP contribution in [0.3, 0.4) is 0 Å². The van der Waals surface area contributed by atoms with E-state index in [1.165, 1.54) is 5.75 Å². The van der Waals surface area contributed by atoms with Crippen molar-refractivity contribution in [2.24, 2.45) is 0 Å². The predicted octanol–water partition coefficient (Wildman–Crippen LogP) is 0.869. The summed E-state index contributed by atoms with van der Waals surface area (Å²) < 4.78 is 5.56. The smallest absolute Gasteiger partial charge is 0.0643 e. The third-order valence-corrected chi connectivity index (χ3v) is 4.06. The topological polar surface area (TPSA) is 21.3 Å². The summed E-state index contributed by atoms with van der Waals surface area (Å²) in [5.74, 6) is 1.27. The van der Waals surface area contributed by atoms with Gasteiger partial charge >= 0.3 is 0 Å². The predicted molar refractivity (Wildman–Crippen MR) is 48.1 cm³/mol. The number of ether oxygens (including phenoxy) is 1. The fraction of sp³-hybridized carbons (Fsp3) is 1.00. The maximum Gasteiger partial charge on any atom is 0.0643 e. The van der Waals surface area contributed by atoms with Gasteiger partial charge in [0.1, 0.15) is 0 Å². The Balaban J connectivity index is 1.78. The Morgan fingerprint density at radius 3 is 2.45 bits per heavy atom. The Hall–Kier alpha value is 0.270. The van der Waals surface area contributed by atoms with Crippen LogP contribution in [0.4, 0.5) is 0 Å². The third-order valence-electron chi connectivity index (χ3n) is 2.54. The van der Waals surface area contributed by atoms with Crippen molar-refractivity contribution in [3.05, 3.63) is 0 Å². The Labute approximate surface area is 72.1 Å². The van der Waals surface area contributed by atoms with Crippen LogP contribution >= 0.6 is 11.8 Å². The molecular formula is C8H15NOS. The Morgan fingerprint density at radius 1 is 1.45 bits per heavy atom. The van der Waals surface area contributed by atoms with Crippen molar-refractivity contribution in [3.63, 3.8) is 0 Å². The molecule has 11 heavy (non-hydrogen) atoms. The fourth-order valence-electron chi connectivity index (χ4n) is 1.37. The normalized spacial score (nSPS) is 36.0. The average molecular weight is 173 g/mol. The van der Waals surface area contributed by atoms with Gasteiger partial charge in [0.15, 0.2) is 0 Å². The van der Waals surface area contributed by atoms with Crippen molar-refractivity contribution < 1.29 is 4.74 Å². The first-order valence-electron chi connectivity index (χ1n) is 4.16. The van der Waals surface area contributed by atoms with Gasteiger partial charge in [0.2, 0.25) is 0 Å². The van der Waals surface area contributed by atoms with E-state index in [0.29, 0.717) is 16.8 Å². The molecule has 1 atom stereocenters. The molecule has 0 bridgehead atoms. The van der Waals surface area contributed by atoms with E-state index in [0.717, 1.165) is 13.2 Å². The van der Waals surface area contributed by atoms with Crippen molar-refractivity contribution in [1.82, 2.24) is 5.32 Å². The molecule has 2 rings (SSSR count). The van der Waals surface area contributed by atoms with E-state index in [-0.39, 0.29) is 0 Å². The van der Waals surface area contributed by atoms with Crippen LogP contribution in [0.5, 0.6) is 0 Å². The van der Waals surface area contributed by atoms with E-state index < -0.39 is 0 Å². The van der Waals surface area contributed by atoms with Crippen molar-refractivity contribution in [3.8, 4) is 0 Å². The minimum Gasteiger partial charge on any atom is -0.378 e. The molecule has 1 N–H and O–H groups in total. The van der Waals surface area contributed by atoms with Crippen molar-refractivity contribution in [1.29, 1.82) is 0 Å². The summed E-state index contributed by atoms with van der Waals surface area (Å²) in [6, 6.07) is 1.35. The molecule has 2 heterocycles. The van der Waals surface area contributed by atoms with Gasteiger partial charge in [0, 0.05) is 16.5 Å². The van der Waals surface area contributed by atoms with Crippen LogP contribution in [-0.2, 0) is 4.74 Å². The van der Waals surface area contributed by atoms with Gasteiger partial charge in [-0.3, -0.25) is 0 Å². The van der Waals surface area contributed by atoms with Gasteiger partial charge in [-0.25, -0.2) is 0 Å². The molecule has 0 amide bonds. The summed E-state index contributed by atoms with van der Waals surface area (Å²) in [5, 5.41) is 3.60. The highest BCUT2D eigenvalue weighted by Gasteiger charge is 2.41. The lowest BCUT2D eigenvalue weighted by Crippen LogP contribution is -2.61. The second kappa shape index (κ2) is 2.64. The molecule has 0 aliphatic carbocycles. The van der Waals surface area contributed by atoms with E-state index in [4.69, 9.17) is 4.74 Å². The zero-order chi connectivity index (χ0) is 7.90. The van der Waals surface area contributed by atoms with Gasteiger partial charge < -0.3 is 10.1 Å². The average Bonchev–Trinajstić information content (AvgIpc) is 1.83. The molecule has 2 saturated heterocycles. The van der Waals surface area contributed by atoms with E-state index in [9.17, 15) is 0 Å². The molecule has 2 aliphatic heterocycles. The Morgan fingerprint density at radius 2 is 2.18 bits per heavy atom. The number of thioether (sulfide) groups is 1. The molecule has 0 aromatic heterocycles. The second-order valence-electron chi connectivity index (χ2n) is 3.87. The molecule has 64 valence electrons. The highest BCUT2D eigenvalue weighted by molar-refractivity contribution is 8.02. The lowest BCUT2D eigenvalue weighted by molar-refractivity contribution is -0.0110. The minimum atomic E-state index is 0.454. The first kappa shape index (κ1) is 7.90. The van der Waals surface area contributed by atoms with Crippen LogP contribution in [0.25, 0.3) is 0 Å². The van der Waals surface area contributed by atoms with Crippen LogP contribution in [0, 0.1) is 0 Å².